The van der Waals surface area contributed by atoms with Gasteiger partial charge in [0.25, 0.3) is 0 Å². The molecule has 0 bridgehead atoms. The zero-order chi connectivity index (χ0) is 5.28. The van der Waals surface area contributed by atoms with Gasteiger partial charge in [-0.3, -0.25) is 0 Å². The molecule has 0 spiro atoms. The number of nitrogens with one attached hydrogen (secondary N) is 1. The quantitative estimate of drug-likeness (QED) is 0.376. The van der Waals surface area contributed by atoms with Gasteiger partial charge in [0.1, 0.15) is 0 Å². The van der Waals surface area contributed by atoms with E-state index in [2.05, 4.69) is 5.32 Å². The highest BCUT2D eigenvalue weighted by atomic mass is 16.3. The van der Waals surface area contributed by atoms with Crippen LogP contribution in [0.3, 0.4) is 0 Å². The second kappa shape index (κ2) is 1.84. The third kappa shape index (κ3) is 0.953. The Bertz CT molecular complexity index is 60.7. The maximum absolute atomic E-state index is 8.81. The van der Waals surface area contributed by atoms with E-state index in [-0.39, 0.29) is 11.9 Å². The molecule has 2 N–H and O–H groups in total. The lowest BCUT2D eigenvalue weighted by atomic mass is 9.85. The summed E-state index contributed by atoms with van der Waals surface area (Å²) in [6.07, 6.45) is -0.319. The monoisotopic (exact) mass is 97.1 g/mol. The maximum atomic E-state index is 8.81. The van der Waals surface area contributed by atoms with Crippen LogP contribution < -0.4 is 5.32 Å². The second-order valence-corrected chi connectivity index (χ2v) is 1.89. The van der Waals surface area contributed by atoms with Crippen LogP contribution in [-0.4, -0.2) is 32.1 Å². The molecule has 1 aliphatic rings. The first-order valence-corrected chi connectivity index (χ1v) is 2.45. The zero-order valence-electron chi connectivity index (χ0n) is 4.09. The predicted octanol–water partition coefficient (Wildman–Crippen LogP) is -1.09. The average Bonchev–Trinajstić information content (AvgIpc) is 1.91. The molecule has 1 fully saturated rings. The van der Waals surface area contributed by atoms with E-state index in [4.69, 9.17) is 13.0 Å². The van der Waals surface area contributed by atoms with Gasteiger partial charge in [0, 0.05) is 6.54 Å². The van der Waals surface area contributed by atoms with Crippen LogP contribution in [0.2, 0.25) is 5.82 Å². The molecular formula is C4H8BNO. The van der Waals surface area contributed by atoms with Crippen LogP contribution in [0.4, 0.5) is 0 Å². The van der Waals surface area contributed by atoms with Gasteiger partial charge in [-0.15, -0.1) is 0 Å². The van der Waals surface area contributed by atoms with Gasteiger partial charge in [0.15, 0.2) is 0 Å². The molecule has 0 aromatic heterocycles. The average molecular weight is 96.9 g/mol. The van der Waals surface area contributed by atoms with Crippen LogP contribution >= 0.6 is 0 Å². The van der Waals surface area contributed by atoms with Crippen molar-refractivity contribution in [2.45, 2.75) is 11.9 Å². The summed E-state index contributed by atoms with van der Waals surface area (Å²) in [5.74, 6) is -0.0417. The Kier molecular flexibility index (Phi) is 1.35. The van der Waals surface area contributed by atoms with Gasteiger partial charge in [-0.25, -0.2) is 0 Å². The van der Waals surface area contributed by atoms with Gasteiger partial charge in [-0.1, -0.05) is 0 Å². The minimum Gasteiger partial charge on any atom is -0.392 e. The summed E-state index contributed by atoms with van der Waals surface area (Å²) in [5.41, 5.74) is 0. The second-order valence-electron chi connectivity index (χ2n) is 1.89. The summed E-state index contributed by atoms with van der Waals surface area (Å²) < 4.78 is 0. The first kappa shape index (κ1) is 5.13. The molecule has 0 saturated carbocycles. The molecule has 0 aromatic rings. The summed E-state index contributed by atoms with van der Waals surface area (Å²) in [6, 6.07) is 0. The van der Waals surface area contributed by atoms with Crippen LogP contribution in [-0.2, 0) is 0 Å². The van der Waals surface area contributed by atoms with E-state index in [0.717, 1.165) is 6.54 Å². The van der Waals surface area contributed by atoms with E-state index in [1.165, 1.54) is 0 Å². The van der Waals surface area contributed by atoms with Crippen LogP contribution in [0.15, 0.2) is 0 Å². The SMILES string of the molecule is [B][C@H]1CNC[C@@H]1O. The van der Waals surface area contributed by atoms with Gasteiger partial charge in [-0.2, -0.15) is 0 Å². The molecule has 0 aliphatic carbocycles. The highest BCUT2D eigenvalue weighted by molar-refractivity contribution is 6.12. The number of aliphatic hydroxyl groups excluding tert-OH is 1. The lowest BCUT2D eigenvalue weighted by Crippen LogP contribution is -2.13. The Morgan fingerprint density at radius 1 is 1.57 bits per heavy atom. The normalized spacial score (nSPS) is 41.9. The van der Waals surface area contributed by atoms with Crippen molar-refractivity contribution in [2.24, 2.45) is 0 Å². The topological polar surface area (TPSA) is 32.3 Å². The molecule has 1 heterocycles. The van der Waals surface area contributed by atoms with E-state index in [1.54, 1.807) is 0 Å². The Labute approximate surface area is 44.3 Å². The molecule has 3 heteroatoms. The van der Waals surface area contributed by atoms with Gasteiger partial charge in [-0.05, 0) is 12.4 Å². The van der Waals surface area contributed by atoms with E-state index in [0.29, 0.717) is 6.54 Å². The Morgan fingerprint density at radius 3 is 2.43 bits per heavy atom. The van der Waals surface area contributed by atoms with Gasteiger partial charge < -0.3 is 10.4 Å². The number of hydrogen-bond acceptors (Lipinski definition) is 2. The summed E-state index contributed by atoms with van der Waals surface area (Å²) in [5, 5.41) is 11.8. The number of hydrogen-bond donors (Lipinski definition) is 2. The first-order chi connectivity index (χ1) is 3.30. The standard InChI is InChI=1S/C4H8BNO/c5-3-1-6-2-4(3)7/h3-4,6-7H,1-2H2/t3-,4-/m0/s1. The molecule has 1 saturated heterocycles. The van der Waals surface area contributed by atoms with E-state index < -0.39 is 0 Å². The third-order valence-corrected chi connectivity index (χ3v) is 1.23. The molecule has 0 unspecified atom stereocenters. The van der Waals surface area contributed by atoms with Crippen molar-refractivity contribution in [3.8, 4) is 0 Å². The minimum atomic E-state index is -0.319. The van der Waals surface area contributed by atoms with Crippen molar-refractivity contribution >= 4 is 7.85 Å². The van der Waals surface area contributed by atoms with Crippen molar-refractivity contribution < 1.29 is 5.11 Å². The van der Waals surface area contributed by atoms with Crippen molar-refractivity contribution in [1.82, 2.24) is 5.32 Å². The lowest BCUT2D eigenvalue weighted by Gasteiger charge is -2.02. The molecule has 0 amide bonds. The zero-order valence-corrected chi connectivity index (χ0v) is 4.09. The van der Waals surface area contributed by atoms with Crippen LogP contribution in [0.1, 0.15) is 0 Å². The van der Waals surface area contributed by atoms with E-state index in [1.807, 2.05) is 0 Å². The summed E-state index contributed by atoms with van der Waals surface area (Å²) in [6.45, 7) is 1.41. The fourth-order valence-corrected chi connectivity index (χ4v) is 0.685. The molecule has 1 aliphatic heterocycles. The highest BCUT2D eigenvalue weighted by Crippen LogP contribution is 2.08. The number of β-amino-alcohol motifs (C(OH)–C–C–N with tert-alkyl or cyclic N) is 1. The first-order valence-electron chi connectivity index (χ1n) is 2.45. The maximum Gasteiger partial charge on any atom is 0.0752 e. The van der Waals surface area contributed by atoms with Crippen molar-refractivity contribution in [2.75, 3.05) is 13.1 Å². The highest BCUT2D eigenvalue weighted by Gasteiger charge is 2.18. The van der Waals surface area contributed by atoms with Crippen molar-refractivity contribution in [1.29, 1.82) is 0 Å². The summed E-state index contributed by atoms with van der Waals surface area (Å²) >= 11 is 0. The van der Waals surface area contributed by atoms with Gasteiger partial charge in [0.2, 0.25) is 0 Å². The third-order valence-electron chi connectivity index (χ3n) is 1.23. The van der Waals surface area contributed by atoms with Crippen LogP contribution in [0.5, 0.6) is 0 Å². The van der Waals surface area contributed by atoms with E-state index >= 15 is 0 Å². The minimum absolute atomic E-state index is 0.0417. The Hall–Kier alpha value is -0.0151. The summed E-state index contributed by atoms with van der Waals surface area (Å²) in [4.78, 5) is 0. The predicted molar refractivity (Wildman–Crippen MR) is 28.4 cm³/mol. The summed E-state index contributed by atoms with van der Waals surface area (Å²) in [7, 11) is 5.37. The number of aliphatic hydroxyl groups is 1. The fourth-order valence-electron chi connectivity index (χ4n) is 0.685. The molecule has 2 radical (unpaired) electrons. The molecule has 2 atom stereocenters. The van der Waals surface area contributed by atoms with E-state index in [9.17, 15) is 0 Å². The lowest BCUT2D eigenvalue weighted by molar-refractivity contribution is 0.197. The smallest absolute Gasteiger partial charge is 0.0752 e. The number of rotatable bonds is 0. The molecule has 38 valence electrons. The van der Waals surface area contributed by atoms with Gasteiger partial charge in [0.05, 0.1) is 14.0 Å². The van der Waals surface area contributed by atoms with Crippen LogP contribution in [0.25, 0.3) is 0 Å². The van der Waals surface area contributed by atoms with Gasteiger partial charge >= 0.3 is 0 Å². The molecule has 1 rings (SSSR count). The molecule has 2 nitrogen and oxygen atoms in total. The Morgan fingerprint density at radius 2 is 2.29 bits per heavy atom. The fraction of sp³-hybridized carbons (Fsp3) is 1.00. The molecular weight excluding hydrogens is 88.9 g/mol. The van der Waals surface area contributed by atoms with Crippen molar-refractivity contribution in [3.63, 3.8) is 0 Å². The molecule has 0 aromatic carbocycles. The largest absolute Gasteiger partial charge is 0.392 e. The van der Waals surface area contributed by atoms with Crippen molar-refractivity contribution in [3.05, 3.63) is 0 Å². The Balaban J connectivity index is 2.33. The molecule has 7 heavy (non-hydrogen) atoms. The van der Waals surface area contributed by atoms with Crippen LogP contribution in [0, 0.1) is 0 Å².